The number of rotatable bonds is 4. The summed E-state index contributed by atoms with van der Waals surface area (Å²) in [6.07, 6.45) is 3.20. The molecule has 0 unspecified atom stereocenters. The van der Waals surface area contributed by atoms with Crippen LogP contribution in [0.4, 0.5) is 0 Å². The number of aromatic amines is 1. The van der Waals surface area contributed by atoms with Crippen LogP contribution in [0, 0.1) is 13.8 Å². The van der Waals surface area contributed by atoms with Crippen LogP contribution >= 0.6 is 0 Å². The van der Waals surface area contributed by atoms with Crippen LogP contribution in [0.15, 0.2) is 6.20 Å². The van der Waals surface area contributed by atoms with Gasteiger partial charge in [-0.15, -0.1) is 0 Å². The van der Waals surface area contributed by atoms with Crippen LogP contribution in [0.3, 0.4) is 0 Å². The second-order valence-electron chi connectivity index (χ2n) is 3.38. The van der Waals surface area contributed by atoms with Crippen LogP contribution in [-0.4, -0.2) is 17.6 Å². The van der Waals surface area contributed by atoms with E-state index >= 15 is 0 Å². The molecular formula is C11H17NO2. The fourth-order valence-corrected chi connectivity index (χ4v) is 1.53. The summed E-state index contributed by atoms with van der Waals surface area (Å²) in [7, 11) is 0. The van der Waals surface area contributed by atoms with Crippen molar-refractivity contribution in [3.05, 3.63) is 23.0 Å². The van der Waals surface area contributed by atoms with Crippen LogP contribution < -0.4 is 0 Å². The molecule has 1 aromatic rings. The van der Waals surface area contributed by atoms with Crippen molar-refractivity contribution in [1.82, 2.24) is 4.98 Å². The number of aryl methyl sites for hydroxylation is 2. The third kappa shape index (κ3) is 2.62. The highest BCUT2D eigenvalue weighted by Crippen LogP contribution is 2.14. The van der Waals surface area contributed by atoms with Crippen molar-refractivity contribution < 1.29 is 9.53 Å². The smallest absolute Gasteiger partial charge is 0.306 e. The van der Waals surface area contributed by atoms with E-state index in [1.807, 2.05) is 27.0 Å². The lowest BCUT2D eigenvalue weighted by atomic mass is 10.1. The summed E-state index contributed by atoms with van der Waals surface area (Å²) in [5.74, 6) is -0.118. The zero-order valence-corrected chi connectivity index (χ0v) is 9.02. The minimum Gasteiger partial charge on any atom is -0.466 e. The van der Waals surface area contributed by atoms with Crippen molar-refractivity contribution in [1.29, 1.82) is 0 Å². The Morgan fingerprint density at radius 3 is 2.71 bits per heavy atom. The monoisotopic (exact) mass is 195 g/mol. The molecule has 0 bridgehead atoms. The molecule has 0 atom stereocenters. The lowest BCUT2D eigenvalue weighted by Crippen LogP contribution is -2.05. The van der Waals surface area contributed by atoms with E-state index in [0.717, 1.165) is 12.1 Å². The van der Waals surface area contributed by atoms with Crippen LogP contribution in [0.5, 0.6) is 0 Å². The maximum absolute atomic E-state index is 11.1. The minimum atomic E-state index is -0.118. The van der Waals surface area contributed by atoms with Gasteiger partial charge in [0, 0.05) is 18.3 Å². The Kier molecular flexibility index (Phi) is 3.74. The second kappa shape index (κ2) is 4.84. The molecule has 78 valence electrons. The maximum Gasteiger partial charge on any atom is 0.306 e. The molecule has 0 radical (unpaired) electrons. The van der Waals surface area contributed by atoms with Gasteiger partial charge in [0.15, 0.2) is 0 Å². The number of esters is 1. The van der Waals surface area contributed by atoms with Crippen molar-refractivity contribution in [3.8, 4) is 0 Å². The van der Waals surface area contributed by atoms with Crippen molar-refractivity contribution in [3.63, 3.8) is 0 Å². The zero-order valence-electron chi connectivity index (χ0n) is 9.02. The van der Waals surface area contributed by atoms with E-state index in [0.29, 0.717) is 13.0 Å². The van der Waals surface area contributed by atoms with Crippen LogP contribution in [0.2, 0.25) is 0 Å². The van der Waals surface area contributed by atoms with Crippen molar-refractivity contribution in [2.75, 3.05) is 6.61 Å². The summed E-state index contributed by atoms with van der Waals surface area (Å²) in [6, 6.07) is 0. The Balaban J connectivity index is 2.49. The quantitative estimate of drug-likeness (QED) is 0.748. The molecule has 0 saturated carbocycles. The van der Waals surface area contributed by atoms with Gasteiger partial charge in [0.1, 0.15) is 0 Å². The third-order valence-electron chi connectivity index (χ3n) is 2.32. The highest BCUT2D eigenvalue weighted by Gasteiger charge is 2.07. The Bertz CT molecular complexity index is 296. The zero-order chi connectivity index (χ0) is 10.6. The number of hydrogen-bond acceptors (Lipinski definition) is 2. The lowest BCUT2D eigenvalue weighted by molar-refractivity contribution is -0.143. The number of carbonyl (C=O) groups excluding carboxylic acids is 1. The molecular weight excluding hydrogens is 178 g/mol. The van der Waals surface area contributed by atoms with Crippen LogP contribution in [-0.2, 0) is 16.0 Å². The Morgan fingerprint density at radius 1 is 1.50 bits per heavy atom. The summed E-state index contributed by atoms with van der Waals surface area (Å²) in [4.78, 5) is 14.3. The molecule has 0 fully saturated rings. The number of ether oxygens (including phenoxy) is 1. The molecule has 1 rings (SSSR count). The fourth-order valence-electron chi connectivity index (χ4n) is 1.53. The molecule has 3 nitrogen and oxygen atoms in total. The molecule has 0 aliphatic heterocycles. The third-order valence-corrected chi connectivity index (χ3v) is 2.32. The van der Waals surface area contributed by atoms with Crippen molar-refractivity contribution in [2.45, 2.75) is 33.6 Å². The molecule has 0 spiro atoms. The Morgan fingerprint density at radius 2 is 2.21 bits per heavy atom. The first-order chi connectivity index (χ1) is 6.65. The van der Waals surface area contributed by atoms with Gasteiger partial charge in [-0.25, -0.2) is 0 Å². The standard InChI is InChI=1S/C11H17NO2/c1-4-14-11(13)6-5-10-8(2)7-12-9(10)3/h7,12H,4-6H2,1-3H3. The first-order valence-electron chi connectivity index (χ1n) is 4.94. The number of H-pyrrole nitrogens is 1. The van der Waals surface area contributed by atoms with Gasteiger partial charge in [-0.05, 0) is 38.3 Å². The predicted octanol–water partition coefficient (Wildman–Crippen LogP) is 2.13. The largest absolute Gasteiger partial charge is 0.466 e. The summed E-state index contributed by atoms with van der Waals surface area (Å²) < 4.78 is 4.87. The van der Waals surface area contributed by atoms with Gasteiger partial charge in [-0.3, -0.25) is 4.79 Å². The summed E-state index contributed by atoms with van der Waals surface area (Å²) in [5, 5.41) is 0. The van der Waals surface area contributed by atoms with Crippen LogP contribution in [0.25, 0.3) is 0 Å². The summed E-state index contributed by atoms with van der Waals surface area (Å²) in [6.45, 7) is 6.35. The minimum absolute atomic E-state index is 0.118. The van der Waals surface area contributed by atoms with Gasteiger partial charge in [0.05, 0.1) is 6.61 Å². The van der Waals surface area contributed by atoms with E-state index < -0.39 is 0 Å². The second-order valence-corrected chi connectivity index (χ2v) is 3.38. The molecule has 1 heterocycles. The molecule has 0 aliphatic rings. The van der Waals surface area contributed by atoms with E-state index in [1.165, 1.54) is 11.1 Å². The number of hydrogen-bond donors (Lipinski definition) is 1. The topological polar surface area (TPSA) is 42.1 Å². The average molecular weight is 195 g/mol. The summed E-state index contributed by atoms with van der Waals surface area (Å²) >= 11 is 0. The van der Waals surface area contributed by atoms with Crippen LogP contribution in [0.1, 0.15) is 30.2 Å². The normalized spacial score (nSPS) is 10.2. The molecule has 1 N–H and O–H groups in total. The van der Waals surface area contributed by atoms with E-state index in [-0.39, 0.29) is 5.97 Å². The summed E-state index contributed by atoms with van der Waals surface area (Å²) in [5.41, 5.74) is 3.59. The molecule has 0 aromatic carbocycles. The molecule has 0 amide bonds. The van der Waals surface area contributed by atoms with Gasteiger partial charge < -0.3 is 9.72 Å². The maximum atomic E-state index is 11.1. The fraction of sp³-hybridized carbons (Fsp3) is 0.545. The number of nitrogens with one attached hydrogen (secondary N) is 1. The Hall–Kier alpha value is -1.25. The average Bonchev–Trinajstić information content (AvgIpc) is 2.44. The Labute approximate surface area is 84.5 Å². The van der Waals surface area contributed by atoms with E-state index in [4.69, 9.17) is 4.74 Å². The van der Waals surface area contributed by atoms with E-state index in [1.54, 1.807) is 0 Å². The molecule has 0 aliphatic carbocycles. The first-order valence-corrected chi connectivity index (χ1v) is 4.94. The number of carbonyl (C=O) groups is 1. The number of aromatic nitrogens is 1. The van der Waals surface area contributed by atoms with Crippen molar-refractivity contribution in [2.24, 2.45) is 0 Å². The lowest BCUT2D eigenvalue weighted by Gasteiger charge is -2.02. The highest BCUT2D eigenvalue weighted by atomic mass is 16.5. The molecule has 3 heteroatoms. The predicted molar refractivity (Wildman–Crippen MR) is 55.2 cm³/mol. The highest BCUT2D eigenvalue weighted by molar-refractivity contribution is 5.69. The van der Waals surface area contributed by atoms with Gasteiger partial charge in [-0.2, -0.15) is 0 Å². The van der Waals surface area contributed by atoms with Gasteiger partial charge in [-0.1, -0.05) is 0 Å². The van der Waals surface area contributed by atoms with E-state index in [2.05, 4.69) is 4.98 Å². The SMILES string of the molecule is CCOC(=O)CCc1c(C)c[nH]c1C. The van der Waals surface area contributed by atoms with Gasteiger partial charge in [0.2, 0.25) is 0 Å². The molecule has 14 heavy (non-hydrogen) atoms. The first kappa shape index (κ1) is 10.8. The van der Waals surface area contributed by atoms with E-state index in [9.17, 15) is 4.79 Å². The molecule has 1 aromatic heterocycles. The van der Waals surface area contributed by atoms with Gasteiger partial charge >= 0.3 is 5.97 Å². The van der Waals surface area contributed by atoms with Gasteiger partial charge in [0.25, 0.3) is 0 Å². The van der Waals surface area contributed by atoms with Crippen molar-refractivity contribution >= 4 is 5.97 Å². The molecule has 0 saturated heterocycles.